The summed E-state index contributed by atoms with van der Waals surface area (Å²) in [5.74, 6) is -0.0750. The lowest BCUT2D eigenvalue weighted by Crippen LogP contribution is -2.32. The number of hydrogen-bond acceptors (Lipinski definition) is 5. The maximum absolute atomic E-state index is 12.4. The first-order chi connectivity index (χ1) is 10.4. The van der Waals surface area contributed by atoms with E-state index < -0.39 is 23.2 Å². The van der Waals surface area contributed by atoms with Crippen molar-refractivity contribution in [2.45, 2.75) is 25.6 Å². The van der Waals surface area contributed by atoms with Gasteiger partial charge in [-0.3, -0.25) is 10.1 Å². The lowest BCUT2D eigenvalue weighted by Gasteiger charge is -2.16. The summed E-state index contributed by atoms with van der Waals surface area (Å²) in [6.45, 7) is 1.73. The van der Waals surface area contributed by atoms with Crippen LogP contribution in [0.2, 0.25) is 0 Å². The number of rotatable bonds is 5. The monoisotopic (exact) mass is 331 g/mol. The highest BCUT2D eigenvalue weighted by Gasteiger charge is 2.36. The van der Waals surface area contributed by atoms with Gasteiger partial charge in [0.25, 0.3) is 5.91 Å². The SMILES string of the molecule is CC[C@H](Oc1ccccc1)C(=O)Nc1nnc(C(F)(F)F)s1. The lowest BCUT2D eigenvalue weighted by atomic mass is 10.2. The molecule has 1 N–H and O–H groups in total. The number of para-hydroxylation sites is 1. The van der Waals surface area contributed by atoms with Crippen LogP contribution in [-0.2, 0) is 11.0 Å². The van der Waals surface area contributed by atoms with Gasteiger partial charge in [-0.05, 0) is 18.6 Å². The molecule has 0 saturated heterocycles. The van der Waals surface area contributed by atoms with Gasteiger partial charge in [-0.2, -0.15) is 13.2 Å². The van der Waals surface area contributed by atoms with E-state index in [4.69, 9.17) is 4.74 Å². The van der Waals surface area contributed by atoms with E-state index in [1.54, 1.807) is 37.3 Å². The fourth-order valence-electron chi connectivity index (χ4n) is 1.56. The molecule has 1 heterocycles. The summed E-state index contributed by atoms with van der Waals surface area (Å²) in [6, 6.07) is 8.67. The van der Waals surface area contributed by atoms with Gasteiger partial charge < -0.3 is 4.74 Å². The fourth-order valence-corrected chi connectivity index (χ4v) is 2.17. The first kappa shape index (κ1) is 16.2. The van der Waals surface area contributed by atoms with Crippen LogP contribution in [0.25, 0.3) is 0 Å². The van der Waals surface area contributed by atoms with E-state index in [0.717, 1.165) is 0 Å². The second-order valence-electron chi connectivity index (χ2n) is 4.23. The molecule has 1 aromatic carbocycles. The van der Waals surface area contributed by atoms with Gasteiger partial charge >= 0.3 is 6.18 Å². The summed E-state index contributed by atoms with van der Waals surface area (Å²) in [5, 5.41) is 7.27. The van der Waals surface area contributed by atoms with Crippen LogP contribution >= 0.6 is 11.3 Å². The Morgan fingerprint density at radius 3 is 2.55 bits per heavy atom. The number of hydrogen-bond donors (Lipinski definition) is 1. The van der Waals surface area contributed by atoms with Gasteiger partial charge in [-0.1, -0.05) is 36.5 Å². The van der Waals surface area contributed by atoms with Crippen molar-refractivity contribution in [2.75, 3.05) is 5.32 Å². The number of benzene rings is 1. The van der Waals surface area contributed by atoms with E-state index >= 15 is 0 Å². The molecule has 0 aliphatic heterocycles. The number of halogens is 3. The molecule has 1 aromatic heterocycles. The molecule has 0 bridgehead atoms. The van der Waals surface area contributed by atoms with Crippen LogP contribution in [0.1, 0.15) is 18.4 Å². The van der Waals surface area contributed by atoms with Crippen LogP contribution in [0.15, 0.2) is 30.3 Å². The lowest BCUT2D eigenvalue weighted by molar-refractivity contribution is -0.138. The Balaban J connectivity index is 2.02. The van der Waals surface area contributed by atoms with Crippen LogP contribution in [0, 0.1) is 0 Å². The molecule has 2 rings (SSSR count). The zero-order valence-corrected chi connectivity index (χ0v) is 12.2. The summed E-state index contributed by atoms with van der Waals surface area (Å²) in [5.41, 5.74) is 0. The average Bonchev–Trinajstić information content (AvgIpc) is 2.94. The van der Waals surface area contributed by atoms with Gasteiger partial charge in [0.15, 0.2) is 6.10 Å². The maximum atomic E-state index is 12.4. The zero-order valence-electron chi connectivity index (χ0n) is 11.4. The van der Waals surface area contributed by atoms with Gasteiger partial charge in [0.1, 0.15) is 5.75 Å². The zero-order chi connectivity index (χ0) is 16.2. The van der Waals surface area contributed by atoms with E-state index in [1.807, 2.05) is 0 Å². The molecular weight excluding hydrogens is 319 g/mol. The van der Waals surface area contributed by atoms with E-state index in [9.17, 15) is 18.0 Å². The van der Waals surface area contributed by atoms with Crippen molar-refractivity contribution in [3.05, 3.63) is 35.3 Å². The highest BCUT2D eigenvalue weighted by molar-refractivity contribution is 7.15. The quantitative estimate of drug-likeness (QED) is 0.912. The number of anilines is 1. The fraction of sp³-hybridized carbons (Fsp3) is 0.308. The third-order valence-corrected chi connectivity index (χ3v) is 3.47. The third kappa shape index (κ3) is 4.17. The molecule has 0 radical (unpaired) electrons. The van der Waals surface area contributed by atoms with Crippen LogP contribution in [-0.4, -0.2) is 22.2 Å². The van der Waals surface area contributed by atoms with Crippen molar-refractivity contribution in [1.82, 2.24) is 10.2 Å². The van der Waals surface area contributed by atoms with Crippen LogP contribution in [0.4, 0.5) is 18.3 Å². The Kier molecular flexibility index (Phi) is 4.96. The molecule has 1 atom stereocenters. The van der Waals surface area contributed by atoms with E-state index in [2.05, 4.69) is 15.5 Å². The summed E-state index contributed by atoms with van der Waals surface area (Å²) >= 11 is 0.268. The Morgan fingerprint density at radius 2 is 2.00 bits per heavy atom. The molecule has 118 valence electrons. The van der Waals surface area contributed by atoms with Crippen molar-refractivity contribution in [3.63, 3.8) is 0 Å². The smallest absolute Gasteiger partial charge is 0.445 e. The molecule has 9 heteroatoms. The number of carbonyl (C=O) groups is 1. The van der Waals surface area contributed by atoms with Crippen molar-refractivity contribution >= 4 is 22.4 Å². The molecule has 0 unspecified atom stereocenters. The Bertz CT molecular complexity index is 631. The molecule has 2 aromatic rings. The number of alkyl halides is 3. The first-order valence-electron chi connectivity index (χ1n) is 6.33. The first-order valence-corrected chi connectivity index (χ1v) is 7.15. The maximum Gasteiger partial charge on any atom is 0.445 e. The van der Waals surface area contributed by atoms with Crippen molar-refractivity contribution in [3.8, 4) is 5.75 Å². The molecule has 0 saturated carbocycles. The number of nitrogens with one attached hydrogen (secondary N) is 1. The number of ether oxygens (including phenoxy) is 1. The van der Waals surface area contributed by atoms with Gasteiger partial charge in [0, 0.05) is 0 Å². The minimum atomic E-state index is -4.58. The van der Waals surface area contributed by atoms with Crippen molar-refractivity contribution in [1.29, 1.82) is 0 Å². The normalized spacial score (nSPS) is 12.7. The predicted octanol–water partition coefficient (Wildman–Crippen LogP) is 3.35. The van der Waals surface area contributed by atoms with Gasteiger partial charge in [-0.25, -0.2) is 0 Å². The minimum absolute atomic E-state index is 0.215. The molecular formula is C13H12F3N3O2S. The summed E-state index contributed by atoms with van der Waals surface area (Å²) in [6.07, 6.45) is -5.06. The Hall–Kier alpha value is -2.16. The van der Waals surface area contributed by atoms with Crippen LogP contribution in [0.3, 0.4) is 0 Å². The van der Waals surface area contributed by atoms with E-state index in [-0.39, 0.29) is 16.5 Å². The second kappa shape index (κ2) is 6.73. The van der Waals surface area contributed by atoms with Gasteiger partial charge in [-0.15, -0.1) is 10.2 Å². The third-order valence-electron chi connectivity index (χ3n) is 2.58. The number of aromatic nitrogens is 2. The molecule has 1 amide bonds. The largest absolute Gasteiger partial charge is 0.481 e. The molecule has 5 nitrogen and oxygen atoms in total. The second-order valence-corrected chi connectivity index (χ2v) is 5.20. The Labute approximate surface area is 128 Å². The summed E-state index contributed by atoms with van der Waals surface area (Å²) < 4.78 is 42.8. The average molecular weight is 331 g/mol. The molecule has 0 aliphatic rings. The number of nitrogens with zero attached hydrogens (tertiary/aromatic N) is 2. The van der Waals surface area contributed by atoms with Crippen LogP contribution in [0.5, 0.6) is 5.75 Å². The minimum Gasteiger partial charge on any atom is -0.481 e. The summed E-state index contributed by atoms with van der Waals surface area (Å²) in [4.78, 5) is 12.0. The molecule has 0 fully saturated rings. The van der Waals surface area contributed by atoms with Gasteiger partial charge in [0.2, 0.25) is 10.1 Å². The standard InChI is InChI=1S/C13H12F3N3O2S/c1-2-9(21-8-6-4-3-5-7-8)10(20)17-12-19-18-11(22-12)13(14,15)16/h3-7,9H,2H2,1H3,(H,17,19,20)/t9-/m0/s1. The predicted molar refractivity (Wildman–Crippen MR) is 74.7 cm³/mol. The highest BCUT2D eigenvalue weighted by Crippen LogP contribution is 2.33. The van der Waals surface area contributed by atoms with E-state index in [0.29, 0.717) is 12.2 Å². The van der Waals surface area contributed by atoms with Crippen molar-refractivity contribution < 1.29 is 22.7 Å². The molecule has 22 heavy (non-hydrogen) atoms. The summed E-state index contributed by atoms with van der Waals surface area (Å²) in [7, 11) is 0. The number of amides is 1. The topological polar surface area (TPSA) is 64.1 Å². The highest BCUT2D eigenvalue weighted by atomic mass is 32.1. The number of carbonyl (C=O) groups excluding carboxylic acids is 1. The molecule has 0 spiro atoms. The van der Waals surface area contributed by atoms with Crippen LogP contribution < -0.4 is 10.1 Å². The molecule has 0 aliphatic carbocycles. The van der Waals surface area contributed by atoms with E-state index in [1.165, 1.54) is 0 Å². The van der Waals surface area contributed by atoms with Crippen molar-refractivity contribution in [2.24, 2.45) is 0 Å². The van der Waals surface area contributed by atoms with Gasteiger partial charge in [0.05, 0.1) is 0 Å². The Morgan fingerprint density at radius 1 is 1.32 bits per heavy atom.